The molecule has 1 aliphatic heterocycles. The van der Waals surface area contributed by atoms with Gasteiger partial charge in [-0.25, -0.2) is 0 Å². The number of anilines is 3. The van der Waals surface area contributed by atoms with Gasteiger partial charge in [0.2, 0.25) is 0 Å². The number of aromatic nitrogens is 3. The molecule has 4 rings (SSSR count). The first-order chi connectivity index (χ1) is 18.1. The molecule has 0 radical (unpaired) electrons. The van der Waals surface area contributed by atoms with E-state index in [9.17, 15) is 0 Å². The standard InChI is InChI=1S/C25H29N7O2.C3H8/c1-3-23(17-26-4-2)34-24-11-9-22(10-12-24)29-32-19-25(28-30-32)27-21-7-5-20(6-8-21)18-31-13-15-33-16-14-31;1-3-2/h3-12,17,19,27,29H,2,13-16,18H2,1H3;3H2,1-2H3/b23-3+,26-17?;. The number of nitrogens with zero attached hydrogens (tertiary/aromatic N) is 5. The van der Waals surface area contributed by atoms with E-state index in [0.717, 1.165) is 44.2 Å². The van der Waals surface area contributed by atoms with Gasteiger partial charge in [0.15, 0.2) is 5.82 Å². The number of hydrogen-bond donors (Lipinski definition) is 2. The van der Waals surface area contributed by atoms with Crippen LogP contribution in [-0.2, 0) is 11.3 Å². The molecule has 37 heavy (non-hydrogen) atoms. The maximum absolute atomic E-state index is 5.78. The SMILES string of the molecule is C=CN=C/C(=C\C)Oc1ccc(Nn2cc(Nc3ccc(CN4CCOCC4)cc3)nn2)cc1.CCC. The van der Waals surface area contributed by atoms with Gasteiger partial charge in [-0.1, -0.05) is 39.0 Å². The molecule has 1 fully saturated rings. The van der Waals surface area contributed by atoms with E-state index in [1.54, 1.807) is 17.2 Å². The molecule has 2 heterocycles. The Balaban J connectivity index is 0.00000121. The van der Waals surface area contributed by atoms with E-state index >= 15 is 0 Å². The van der Waals surface area contributed by atoms with E-state index in [4.69, 9.17) is 9.47 Å². The predicted molar refractivity (Wildman–Crippen MR) is 150 cm³/mol. The van der Waals surface area contributed by atoms with Crippen LogP contribution in [0.5, 0.6) is 5.75 Å². The monoisotopic (exact) mass is 503 g/mol. The molecule has 0 saturated carbocycles. The first kappa shape index (κ1) is 27.6. The van der Waals surface area contributed by atoms with Crippen LogP contribution in [0.15, 0.2) is 84.3 Å². The van der Waals surface area contributed by atoms with E-state index in [0.29, 0.717) is 17.3 Å². The Morgan fingerprint density at radius 3 is 2.41 bits per heavy atom. The van der Waals surface area contributed by atoms with Crippen molar-refractivity contribution in [1.82, 2.24) is 20.0 Å². The highest BCUT2D eigenvalue weighted by Crippen LogP contribution is 2.19. The van der Waals surface area contributed by atoms with Crippen LogP contribution in [0.2, 0.25) is 0 Å². The summed E-state index contributed by atoms with van der Waals surface area (Å²) in [4.78, 5) is 7.93. The molecule has 0 spiro atoms. The molecule has 3 aromatic rings. The summed E-state index contributed by atoms with van der Waals surface area (Å²) >= 11 is 0. The van der Waals surface area contributed by atoms with Gasteiger partial charge in [-0.15, -0.1) is 5.10 Å². The number of rotatable bonds is 10. The largest absolute Gasteiger partial charge is 0.456 e. The molecule has 0 aliphatic carbocycles. The number of benzene rings is 2. The molecular formula is C28H37N7O2. The van der Waals surface area contributed by atoms with Crippen LogP contribution < -0.4 is 15.5 Å². The molecular weight excluding hydrogens is 466 g/mol. The Kier molecular flexibility index (Phi) is 11.4. The Hall–Kier alpha value is -3.95. The van der Waals surface area contributed by atoms with Gasteiger partial charge in [0, 0.05) is 31.5 Å². The average molecular weight is 504 g/mol. The number of allylic oxidation sites excluding steroid dienone is 2. The maximum atomic E-state index is 5.78. The van der Waals surface area contributed by atoms with Gasteiger partial charge < -0.3 is 14.8 Å². The molecule has 0 atom stereocenters. The second-order valence-electron chi connectivity index (χ2n) is 8.36. The third-order valence-electron chi connectivity index (χ3n) is 5.15. The van der Waals surface area contributed by atoms with Crippen molar-refractivity contribution in [2.75, 3.05) is 37.0 Å². The molecule has 2 N–H and O–H groups in total. The van der Waals surface area contributed by atoms with Crippen molar-refractivity contribution in [3.05, 3.63) is 84.9 Å². The third kappa shape index (κ3) is 9.55. The van der Waals surface area contributed by atoms with Crippen LogP contribution in [0.1, 0.15) is 32.8 Å². The molecule has 2 aromatic carbocycles. The van der Waals surface area contributed by atoms with Crippen molar-refractivity contribution in [3.63, 3.8) is 0 Å². The summed E-state index contributed by atoms with van der Waals surface area (Å²) in [5.41, 5.74) is 6.25. The van der Waals surface area contributed by atoms with Gasteiger partial charge in [-0.05, 0) is 60.2 Å². The summed E-state index contributed by atoms with van der Waals surface area (Å²) in [6.45, 7) is 14.2. The van der Waals surface area contributed by atoms with Crippen molar-refractivity contribution in [1.29, 1.82) is 0 Å². The topological polar surface area (TPSA) is 88.8 Å². The number of hydrogen-bond acceptors (Lipinski definition) is 8. The minimum absolute atomic E-state index is 0.640. The summed E-state index contributed by atoms with van der Waals surface area (Å²) in [7, 11) is 0. The second-order valence-corrected chi connectivity index (χ2v) is 8.36. The maximum Gasteiger partial charge on any atom is 0.175 e. The van der Waals surface area contributed by atoms with Crippen LogP contribution in [0.3, 0.4) is 0 Å². The highest BCUT2D eigenvalue weighted by molar-refractivity contribution is 5.77. The first-order valence-corrected chi connectivity index (χ1v) is 12.6. The van der Waals surface area contributed by atoms with E-state index < -0.39 is 0 Å². The van der Waals surface area contributed by atoms with Crippen molar-refractivity contribution in [2.45, 2.75) is 33.7 Å². The van der Waals surface area contributed by atoms with E-state index in [1.165, 1.54) is 18.2 Å². The van der Waals surface area contributed by atoms with Crippen molar-refractivity contribution < 1.29 is 9.47 Å². The normalized spacial score (nSPS) is 14.1. The van der Waals surface area contributed by atoms with Crippen molar-refractivity contribution in [3.8, 4) is 5.75 Å². The minimum atomic E-state index is 0.640. The van der Waals surface area contributed by atoms with Gasteiger partial charge in [-0.2, -0.15) is 4.79 Å². The lowest BCUT2D eigenvalue weighted by Gasteiger charge is -2.26. The highest BCUT2D eigenvalue weighted by Gasteiger charge is 2.10. The van der Waals surface area contributed by atoms with E-state index in [2.05, 4.69) is 75.6 Å². The molecule has 196 valence electrons. The predicted octanol–water partition coefficient (Wildman–Crippen LogP) is 5.64. The number of morpholine rings is 1. The number of nitrogens with one attached hydrogen (secondary N) is 2. The zero-order valence-electron chi connectivity index (χ0n) is 21.9. The third-order valence-corrected chi connectivity index (χ3v) is 5.15. The zero-order valence-corrected chi connectivity index (χ0v) is 21.9. The first-order valence-electron chi connectivity index (χ1n) is 12.6. The Morgan fingerprint density at radius 1 is 1.08 bits per heavy atom. The van der Waals surface area contributed by atoms with Crippen LogP contribution in [0, 0.1) is 0 Å². The Bertz CT molecular complexity index is 1130. The van der Waals surface area contributed by atoms with E-state index in [-0.39, 0.29) is 0 Å². The Labute approximate surface area is 219 Å². The molecule has 1 saturated heterocycles. The average Bonchev–Trinajstić information content (AvgIpc) is 3.36. The second kappa shape index (κ2) is 15.2. The molecule has 0 bridgehead atoms. The molecule has 0 unspecified atom stereocenters. The molecule has 0 amide bonds. The van der Waals surface area contributed by atoms with Crippen molar-refractivity contribution in [2.24, 2.45) is 4.99 Å². The minimum Gasteiger partial charge on any atom is -0.456 e. The molecule has 9 heteroatoms. The zero-order chi connectivity index (χ0) is 26.3. The molecule has 1 aliphatic rings. The van der Waals surface area contributed by atoms with Gasteiger partial charge in [-0.3, -0.25) is 15.3 Å². The van der Waals surface area contributed by atoms with E-state index in [1.807, 2.05) is 37.3 Å². The van der Waals surface area contributed by atoms with Crippen LogP contribution >= 0.6 is 0 Å². The lowest BCUT2D eigenvalue weighted by atomic mass is 10.2. The van der Waals surface area contributed by atoms with Crippen LogP contribution in [-0.4, -0.2) is 52.5 Å². The van der Waals surface area contributed by atoms with Crippen LogP contribution in [0.4, 0.5) is 17.2 Å². The number of aliphatic imine (C=N–C) groups is 1. The fourth-order valence-electron chi connectivity index (χ4n) is 3.39. The van der Waals surface area contributed by atoms with Crippen molar-refractivity contribution >= 4 is 23.4 Å². The number of ether oxygens (including phenoxy) is 2. The summed E-state index contributed by atoms with van der Waals surface area (Å²) in [5, 5.41) is 11.6. The van der Waals surface area contributed by atoms with Gasteiger partial charge in [0.05, 0.1) is 31.3 Å². The fraction of sp³-hybridized carbons (Fsp3) is 0.321. The van der Waals surface area contributed by atoms with Gasteiger partial charge >= 0.3 is 0 Å². The van der Waals surface area contributed by atoms with Gasteiger partial charge in [0.1, 0.15) is 11.5 Å². The fourth-order valence-corrected chi connectivity index (χ4v) is 3.39. The van der Waals surface area contributed by atoms with Crippen LogP contribution in [0.25, 0.3) is 0 Å². The highest BCUT2D eigenvalue weighted by atomic mass is 16.5. The smallest absolute Gasteiger partial charge is 0.175 e. The summed E-state index contributed by atoms with van der Waals surface area (Å²) < 4.78 is 11.2. The lowest BCUT2D eigenvalue weighted by Crippen LogP contribution is -2.35. The summed E-state index contributed by atoms with van der Waals surface area (Å²) in [6, 6.07) is 15.9. The van der Waals surface area contributed by atoms with Gasteiger partial charge in [0.25, 0.3) is 0 Å². The summed E-state index contributed by atoms with van der Waals surface area (Å²) in [5.74, 6) is 1.99. The molecule has 9 nitrogen and oxygen atoms in total. The quantitative estimate of drug-likeness (QED) is 0.273. The molecule has 1 aromatic heterocycles. The summed E-state index contributed by atoms with van der Waals surface area (Å²) in [6.07, 6.45) is 7.94. The lowest BCUT2D eigenvalue weighted by molar-refractivity contribution is 0.0342. The Morgan fingerprint density at radius 2 is 1.76 bits per heavy atom.